The monoisotopic (exact) mass is 654 g/mol. The maximum Gasteiger partial charge on any atom is 0.408 e. The zero-order valence-corrected chi connectivity index (χ0v) is 27.0. The van der Waals surface area contributed by atoms with Crippen molar-refractivity contribution in [2.75, 3.05) is 7.11 Å². The van der Waals surface area contributed by atoms with Crippen LogP contribution in [0.25, 0.3) is 10.8 Å². The van der Waals surface area contributed by atoms with Gasteiger partial charge >= 0.3 is 12.1 Å². The number of nitrogens with one attached hydrogen (secondary N) is 4. The molecule has 0 aromatic heterocycles. The molecule has 0 unspecified atom stereocenters. The lowest BCUT2D eigenvalue weighted by molar-refractivity contribution is -0.146. The van der Waals surface area contributed by atoms with Crippen LogP contribution in [0.3, 0.4) is 0 Å². The maximum atomic E-state index is 14.0. The molecule has 0 radical (unpaired) electrons. The van der Waals surface area contributed by atoms with Crippen LogP contribution in [0, 0.1) is 11.8 Å². The standard InChI is InChI=1S/C37H42N4O7/c1-47-35(45)31(20-27-21-37(16-17-37)41-32(27)42)39-33(43)29(18-23-14-15-23)38-34(44)30(40-36(46)48-22-24-8-3-2-4-9-24)19-26-12-7-11-25-10-5-6-13-28(25)26/h2-13,23,27,29-31H,14-22H2,1H3,(H,38,44)(H,39,43)(H,40,46)(H,41,42)/t27-,29+,30+,31+/m1/s1. The summed E-state index contributed by atoms with van der Waals surface area (Å²) in [5, 5.41) is 13.3. The van der Waals surface area contributed by atoms with Gasteiger partial charge in [0.05, 0.1) is 7.11 Å². The smallest absolute Gasteiger partial charge is 0.408 e. The predicted octanol–water partition coefficient (Wildman–Crippen LogP) is 3.68. The molecule has 3 aliphatic rings. The van der Waals surface area contributed by atoms with Gasteiger partial charge in [-0.15, -0.1) is 0 Å². The summed E-state index contributed by atoms with van der Waals surface area (Å²) >= 11 is 0. The van der Waals surface area contributed by atoms with E-state index >= 15 is 0 Å². The number of carbonyl (C=O) groups excluding carboxylic acids is 5. The highest BCUT2D eigenvalue weighted by atomic mass is 16.5. The molecule has 1 heterocycles. The van der Waals surface area contributed by atoms with E-state index in [0.717, 1.165) is 47.6 Å². The number of rotatable bonds is 14. The van der Waals surface area contributed by atoms with E-state index in [4.69, 9.17) is 9.47 Å². The number of carbonyl (C=O) groups is 5. The van der Waals surface area contributed by atoms with Crippen molar-refractivity contribution >= 4 is 40.6 Å². The van der Waals surface area contributed by atoms with E-state index in [0.29, 0.717) is 12.8 Å². The number of esters is 1. The Labute approximate surface area is 279 Å². The molecule has 3 fully saturated rings. The topological polar surface area (TPSA) is 152 Å². The average molecular weight is 655 g/mol. The third-order valence-electron chi connectivity index (χ3n) is 9.60. The van der Waals surface area contributed by atoms with Gasteiger partial charge in [-0.1, -0.05) is 85.6 Å². The Balaban J connectivity index is 1.17. The van der Waals surface area contributed by atoms with E-state index in [1.54, 1.807) is 0 Å². The molecule has 4 N–H and O–H groups in total. The summed E-state index contributed by atoms with van der Waals surface area (Å²) < 4.78 is 10.4. The van der Waals surface area contributed by atoms with Crippen molar-refractivity contribution in [1.29, 1.82) is 0 Å². The van der Waals surface area contributed by atoms with Crippen molar-refractivity contribution in [2.24, 2.45) is 11.8 Å². The van der Waals surface area contributed by atoms with Crippen molar-refractivity contribution in [3.8, 4) is 0 Å². The molecule has 6 rings (SSSR count). The molecule has 3 aromatic carbocycles. The van der Waals surface area contributed by atoms with E-state index in [2.05, 4.69) is 21.3 Å². The minimum absolute atomic E-state index is 0.0248. The van der Waals surface area contributed by atoms with Gasteiger partial charge in [0.15, 0.2) is 0 Å². The van der Waals surface area contributed by atoms with Gasteiger partial charge in [0.25, 0.3) is 0 Å². The van der Waals surface area contributed by atoms with Crippen molar-refractivity contribution in [2.45, 2.75) is 81.6 Å². The second kappa shape index (κ2) is 14.5. The number of ether oxygens (including phenoxy) is 2. The lowest BCUT2D eigenvalue weighted by Crippen LogP contribution is -2.56. The summed E-state index contributed by atoms with van der Waals surface area (Å²) in [6.45, 7) is 0.0248. The van der Waals surface area contributed by atoms with Crippen LogP contribution in [0.15, 0.2) is 72.8 Å². The lowest BCUT2D eigenvalue weighted by Gasteiger charge is -2.26. The highest BCUT2D eigenvalue weighted by molar-refractivity contribution is 5.94. The van der Waals surface area contributed by atoms with Gasteiger partial charge < -0.3 is 30.7 Å². The minimum Gasteiger partial charge on any atom is -0.467 e. The first-order valence-electron chi connectivity index (χ1n) is 16.7. The third kappa shape index (κ3) is 8.31. The molecule has 11 heteroatoms. The predicted molar refractivity (Wildman–Crippen MR) is 177 cm³/mol. The summed E-state index contributed by atoms with van der Waals surface area (Å²) in [5.41, 5.74) is 1.46. The van der Waals surface area contributed by atoms with Crippen LogP contribution in [0.2, 0.25) is 0 Å². The highest BCUT2D eigenvalue weighted by Gasteiger charge is 2.53. The molecule has 1 aliphatic heterocycles. The Morgan fingerprint density at radius 2 is 1.52 bits per heavy atom. The number of hydrogen-bond acceptors (Lipinski definition) is 7. The molecule has 48 heavy (non-hydrogen) atoms. The second-order valence-corrected chi connectivity index (χ2v) is 13.3. The Bertz CT molecular complexity index is 1670. The van der Waals surface area contributed by atoms with Crippen molar-refractivity contribution in [3.63, 3.8) is 0 Å². The summed E-state index contributed by atoms with van der Waals surface area (Å²) in [5.74, 6) is -2.06. The zero-order chi connectivity index (χ0) is 33.7. The molecule has 252 valence electrons. The first kappa shape index (κ1) is 33.0. The fourth-order valence-corrected chi connectivity index (χ4v) is 6.56. The molecule has 1 saturated heterocycles. The SMILES string of the molecule is COC(=O)[C@H](C[C@@H]1CC2(CC2)NC1=O)NC(=O)[C@H](CC1CC1)NC(=O)[C@H](Cc1cccc2ccccc12)NC(=O)OCc1ccccc1. The summed E-state index contributed by atoms with van der Waals surface area (Å²) in [7, 11) is 1.24. The van der Waals surface area contributed by atoms with Crippen LogP contribution in [0.4, 0.5) is 4.79 Å². The Kier molecular flexibility index (Phi) is 9.93. The van der Waals surface area contributed by atoms with E-state index in [1.165, 1.54) is 7.11 Å². The first-order chi connectivity index (χ1) is 23.2. The Morgan fingerprint density at radius 1 is 0.833 bits per heavy atom. The molecule has 3 aromatic rings. The quantitative estimate of drug-likeness (QED) is 0.194. The molecule has 2 aliphatic carbocycles. The van der Waals surface area contributed by atoms with Crippen LogP contribution in [0.1, 0.15) is 56.1 Å². The number of amides is 4. The van der Waals surface area contributed by atoms with E-state index in [1.807, 2.05) is 72.8 Å². The second-order valence-electron chi connectivity index (χ2n) is 13.3. The fraction of sp³-hybridized carbons (Fsp3) is 0.432. The zero-order valence-electron chi connectivity index (χ0n) is 27.0. The van der Waals surface area contributed by atoms with Crippen LogP contribution in [0.5, 0.6) is 0 Å². The molecule has 4 amide bonds. The molecular formula is C37H42N4O7. The number of methoxy groups -OCH3 is 1. The van der Waals surface area contributed by atoms with Crippen LogP contribution < -0.4 is 21.3 Å². The maximum absolute atomic E-state index is 14.0. The van der Waals surface area contributed by atoms with Gasteiger partial charge in [-0.25, -0.2) is 9.59 Å². The summed E-state index contributed by atoms with van der Waals surface area (Å²) in [6.07, 6.45) is 4.14. The Morgan fingerprint density at radius 3 is 2.23 bits per heavy atom. The molecule has 4 atom stereocenters. The molecule has 11 nitrogen and oxygen atoms in total. The molecule has 0 bridgehead atoms. The van der Waals surface area contributed by atoms with E-state index < -0.39 is 47.9 Å². The molecule has 2 saturated carbocycles. The van der Waals surface area contributed by atoms with Crippen LogP contribution in [-0.4, -0.2) is 60.6 Å². The highest BCUT2D eigenvalue weighted by Crippen LogP contribution is 2.46. The summed E-state index contributed by atoms with van der Waals surface area (Å²) in [6, 6.07) is 19.7. The minimum atomic E-state index is -1.07. The molecule has 1 spiro atoms. The van der Waals surface area contributed by atoms with E-state index in [-0.39, 0.29) is 36.8 Å². The molecular weight excluding hydrogens is 612 g/mol. The summed E-state index contributed by atoms with van der Waals surface area (Å²) in [4.78, 5) is 66.2. The van der Waals surface area contributed by atoms with Gasteiger partial charge in [0.2, 0.25) is 17.7 Å². The van der Waals surface area contributed by atoms with E-state index in [9.17, 15) is 24.0 Å². The Hall–Kier alpha value is -4.93. The largest absolute Gasteiger partial charge is 0.467 e. The van der Waals surface area contributed by atoms with Crippen LogP contribution in [-0.2, 0) is 41.7 Å². The lowest BCUT2D eigenvalue weighted by atomic mass is 9.95. The average Bonchev–Trinajstić information content (AvgIpc) is 4.03. The van der Waals surface area contributed by atoms with Gasteiger partial charge in [-0.05, 0) is 59.9 Å². The van der Waals surface area contributed by atoms with Crippen LogP contribution >= 0.6 is 0 Å². The van der Waals surface area contributed by atoms with Crippen molar-refractivity contribution < 1.29 is 33.4 Å². The number of fused-ring (bicyclic) bond motifs is 1. The number of benzene rings is 3. The van der Waals surface area contributed by atoms with Gasteiger partial charge in [-0.3, -0.25) is 14.4 Å². The van der Waals surface area contributed by atoms with Crippen molar-refractivity contribution in [3.05, 3.63) is 83.9 Å². The van der Waals surface area contributed by atoms with Gasteiger partial charge in [-0.2, -0.15) is 0 Å². The van der Waals surface area contributed by atoms with Gasteiger partial charge in [0, 0.05) is 17.9 Å². The first-order valence-corrected chi connectivity index (χ1v) is 16.7. The number of alkyl carbamates (subject to hydrolysis) is 1. The third-order valence-corrected chi connectivity index (χ3v) is 9.60. The van der Waals surface area contributed by atoms with Crippen molar-refractivity contribution in [1.82, 2.24) is 21.3 Å². The fourth-order valence-electron chi connectivity index (χ4n) is 6.56. The normalized spacial score (nSPS) is 19.4. The number of hydrogen-bond donors (Lipinski definition) is 4. The van der Waals surface area contributed by atoms with Gasteiger partial charge in [0.1, 0.15) is 24.7 Å².